The molecule has 1 aliphatic rings. The van der Waals surface area contributed by atoms with Gasteiger partial charge >= 0.3 is 0 Å². The molecule has 21 heavy (non-hydrogen) atoms. The maximum absolute atomic E-state index is 12.4. The highest BCUT2D eigenvalue weighted by Gasteiger charge is 2.36. The van der Waals surface area contributed by atoms with Crippen LogP contribution in [0.4, 0.5) is 10.5 Å². The van der Waals surface area contributed by atoms with Crippen LogP contribution in [0.3, 0.4) is 0 Å². The number of imide groups is 1. The van der Waals surface area contributed by atoms with Gasteiger partial charge in [0.2, 0.25) is 0 Å². The minimum Gasteiger partial charge on any atom is -0.508 e. The highest BCUT2D eigenvalue weighted by molar-refractivity contribution is 8.19. The van der Waals surface area contributed by atoms with Gasteiger partial charge in [-0.2, -0.15) is 0 Å². The van der Waals surface area contributed by atoms with Crippen molar-refractivity contribution >= 4 is 34.7 Å². The van der Waals surface area contributed by atoms with Gasteiger partial charge in [-0.25, -0.2) is 4.90 Å². The van der Waals surface area contributed by atoms with Crippen LogP contribution in [0.25, 0.3) is 6.08 Å². The third-order valence-corrected chi connectivity index (χ3v) is 3.76. The van der Waals surface area contributed by atoms with Gasteiger partial charge in [0, 0.05) is 18.5 Å². The molecule has 1 aromatic carbocycles. The lowest BCUT2D eigenvalue weighted by atomic mass is 10.2. The lowest BCUT2D eigenvalue weighted by Gasteiger charge is -2.12. The molecule has 2 aromatic rings. The lowest BCUT2D eigenvalue weighted by molar-refractivity contribution is -0.113. The van der Waals surface area contributed by atoms with Crippen molar-refractivity contribution in [2.75, 3.05) is 4.90 Å². The third-order valence-electron chi connectivity index (χ3n) is 2.89. The molecular weight excluding hydrogens is 288 g/mol. The van der Waals surface area contributed by atoms with Crippen LogP contribution in [0, 0.1) is 0 Å². The van der Waals surface area contributed by atoms with Gasteiger partial charge in [0.1, 0.15) is 5.75 Å². The number of hydrogen-bond acceptors (Lipinski definition) is 5. The number of rotatable bonds is 2. The van der Waals surface area contributed by atoms with Crippen LogP contribution < -0.4 is 4.90 Å². The first-order chi connectivity index (χ1) is 10.1. The van der Waals surface area contributed by atoms with Crippen molar-refractivity contribution in [3.63, 3.8) is 0 Å². The zero-order chi connectivity index (χ0) is 14.8. The fraction of sp³-hybridized carbons (Fsp3) is 0. The van der Waals surface area contributed by atoms with Crippen LogP contribution in [0.5, 0.6) is 5.75 Å². The maximum atomic E-state index is 12.4. The molecule has 1 N–H and O–H groups in total. The zero-order valence-corrected chi connectivity index (χ0v) is 11.6. The van der Waals surface area contributed by atoms with Crippen LogP contribution in [0.15, 0.2) is 53.7 Å². The maximum Gasteiger partial charge on any atom is 0.298 e. The van der Waals surface area contributed by atoms with Crippen LogP contribution in [0.1, 0.15) is 5.56 Å². The van der Waals surface area contributed by atoms with Crippen LogP contribution >= 0.6 is 11.8 Å². The molecule has 0 atom stereocenters. The van der Waals surface area contributed by atoms with E-state index in [4.69, 9.17) is 0 Å². The van der Waals surface area contributed by atoms with Crippen molar-refractivity contribution in [1.29, 1.82) is 0 Å². The average molecular weight is 298 g/mol. The Kier molecular flexibility index (Phi) is 3.45. The molecule has 5 nitrogen and oxygen atoms in total. The van der Waals surface area contributed by atoms with E-state index in [2.05, 4.69) is 4.98 Å². The molecule has 6 heteroatoms. The summed E-state index contributed by atoms with van der Waals surface area (Å²) >= 11 is 0.874. The summed E-state index contributed by atoms with van der Waals surface area (Å²) in [4.78, 5) is 29.7. The summed E-state index contributed by atoms with van der Waals surface area (Å²) in [5.74, 6) is -0.392. The van der Waals surface area contributed by atoms with Crippen LogP contribution in [-0.2, 0) is 4.79 Å². The third kappa shape index (κ3) is 2.66. The lowest BCUT2D eigenvalue weighted by Crippen LogP contribution is -2.27. The summed E-state index contributed by atoms with van der Waals surface area (Å²) in [5, 5.41) is 9.09. The van der Waals surface area contributed by atoms with E-state index >= 15 is 0 Å². The first kappa shape index (κ1) is 13.4. The Morgan fingerprint density at radius 1 is 1.14 bits per heavy atom. The molecule has 2 heterocycles. The summed E-state index contributed by atoms with van der Waals surface area (Å²) in [6.45, 7) is 0. The van der Waals surface area contributed by atoms with E-state index in [1.807, 2.05) is 0 Å². The van der Waals surface area contributed by atoms with E-state index in [0.717, 1.165) is 22.2 Å². The van der Waals surface area contributed by atoms with Crippen molar-refractivity contribution in [3.8, 4) is 5.75 Å². The van der Waals surface area contributed by atoms with E-state index in [1.165, 1.54) is 12.1 Å². The monoisotopic (exact) mass is 298 g/mol. The number of carbonyl (C=O) groups excluding carboxylic acids is 2. The fourth-order valence-corrected chi connectivity index (χ4v) is 2.77. The Morgan fingerprint density at radius 2 is 1.90 bits per heavy atom. The molecule has 2 amide bonds. The minimum absolute atomic E-state index is 0.00432. The van der Waals surface area contributed by atoms with Gasteiger partial charge in [0.15, 0.2) is 0 Å². The molecule has 1 fully saturated rings. The standard InChI is InChI=1S/C15H10N2O3S/c18-12-3-1-2-11(9-12)17-14(19)13(21-15(17)20)8-10-4-6-16-7-5-10/h1-9,18H/b13-8+. The Morgan fingerprint density at radius 3 is 2.62 bits per heavy atom. The summed E-state index contributed by atoms with van der Waals surface area (Å²) in [6.07, 6.45) is 4.88. The topological polar surface area (TPSA) is 70.5 Å². The average Bonchev–Trinajstić information content (AvgIpc) is 2.74. The van der Waals surface area contributed by atoms with Crippen molar-refractivity contribution in [2.24, 2.45) is 0 Å². The van der Waals surface area contributed by atoms with Crippen molar-refractivity contribution < 1.29 is 14.7 Å². The fourth-order valence-electron chi connectivity index (χ4n) is 1.93. The number of aromatic hydroxyl groups is 1. The molecule has 0 aliphatic carbocycles. The largest absolute Gasteiger partial charge is 0.508 e. The second-order valence-corrected chi connectivity index (χ2v) is 5.31. The number of phenolic OH excluding ortho intramolecular Hbond substituents is 1. The number of thioether (sulfide) groups is 1. The molecule has 0 spiro atoms. The van der Waals surface area contributed by atoms with Crippen molar-refractivity contribution in [2.45, 2.75) is 0 Å². The zero-order valence-electron chi connectivity index (χ0n) is 10.8. The van der Waals surface area contributed by atoms with Crippen LogP contribution in [0.2, 0.25) is 0 Å². The molecule has 104 valence electrons. The Balaban J connectivity index is 1.94. The summed E-state index contributed by atoms with van der Waals surface area (Å²) in [5.41, 5.74) is 1.15. The molecule has 0 unspecified atom stereocenters. The predicted molar refractivity (Wildman–Crippen MR) is 80.8 cm³/mol. The number of phenols is 1. The Bertz CT molecular complexity index is 744. The van der Waals surface area contributed by atoms with E-state index in [-0.39, 0.29) is 11.0 Å². The normalized spacial score (nSPS) is 16.8. The number of hydrogen-bond donors (Lipinski definition) is 1. The number of pyridine rings is 1. The van der Waals surface area contributed by atoms with Crippen LogP contribution in [-0.4, -0.2) is 21.2 Å². The number of aromatic nitrogens is 1. The molecule has 1 aliphatic heterocycles. The predicted octanol–water partition coefficient (Wildman–Crippen LogP) is 3.03. The summed E-state index contributed by atoms with van der Waals surface area (Å²) in [7, 11) is 0. The van der Waals surface area contributed by atoms with Gasteiger partial charge in [-0.1, -0.05) is 6.07 Å². The van der Waals surface area contributed by atoms with Gasteiger partial charge in [-0.15, -0.1) is 0 Å². The smallest absolute Gasteiger partial charge is 0.298 e. The number of carbonyl (C=O) groups is 2. The molecule has 1 aromatic heterocycles. The molecule has 0 saturated carbocycles. The van der Waals surface area contributed by atoms with Gasteiger partial charge in [0.05, 0.1) is 10.6 Å². The molecule has 1 saturated heterocycles. The second-order valence-electron chi connectivity index (χ2n) is 4.32. The summed E-state index contributed by atoms with van der Waals surface area (Å²) in [6, 6.07) is 9.55. The molecular formula is C15H10N2O3S. The van der Waals surface area contributed by atoms with Gasteiger partial charge in [0.25, 0.3) is 11.1 Å². The van der Waals surface area contributed by atoms with E-state index in [1.54, 1.807) is 42.7 Å². The van der Waals surface area contributed by atoms with Gasteiger partial charge in [-0.05, 0) is 47.7 Å². The molecule has 0 bridgehead atoms. The van der Waals surface area contributed by atoms with Crippen molar-refractivity contribution in [1.82, 2.24) is 4.98 Å². The SMILES string of the molecule is O=C1S/C(=C/c2ccncc2)C(=O)N1c1cccc(O)c1. The van der Waals surface area contributed by atoms with Gasteiger partial charge in [-0.3, -0.25) is 14.6 Å². The quantitative estimate of drug-likeness (QED) is 0.863. The second kappa shape index (κ2) is 5.41. The van der Waals surface area contributed by atoms with E-state index in [9.17, 15) is 14.7 Å². The minimum atomic E-state index is -0.396. The van der Waals surface area contributed by atoms with E-state index in [0.29, 0.717) is 10.6 Å². The first-order valence-corrected chi connectivity index (χ1v) is 6.94. The molecule has 0 radical (unpaired) electrons. The molecule has 3 rings (SSSR count). The van der Waals surface area contributed by atoms with Crippen molar-refractivity contribution in [3.05, 3.63) is 59.3 Å². The number of nitrogens with zero attached hydrogens (tertiary/aromatic N) is 2. The number of amides is 2. The number of anilines is 1. The highest BCUT2D eigenvalue weighted by atomic mass is 32.2. The Labute approximate surface area is 124 Å². The number of benzene rings is 1. The Hall–Kier alpha value is -2.60. The summed E-state index contributed by atoms with van der Waals surface area (Å²) < 4.78 is 0. The first-order valence-electron chi connectivity index (χ1n) is 6.12. The van der Waals surface area contributed by atoms with E-state index < -0.39 is 5.91 Å². The highest BCUT2D eigenvalue weighted by Crippen LogP contribution is 2.36. The van der Waals surface area contributed by atoms with Gasteiger partial charge < -0.3 is 5.11 Å².